The van der Waals surface area contributed by atoms with Crippen LogP contribution in [0.25, 0.3) is 0 Å². The Morgan fingerprint density at radius 2 is 1.80 bits per heavy atom. The van der Waals surface area contributed by atoms with E-state index >= 15 is 0 Å². The average Bonchev–Trinajstić information content (AvgIpc) is 2.46. The zero-order valence-electron chi connectivity index (χ0n) is 12.0. The fourth-order valence-corrected chi connectivity index (χ4v) is 1.91. The Kier molecular flexibility index (Phi) is 3.52. The highest BCUT2D eigenvalue weighted by Gasteiger charge is 2.52. The van der Waals surface area contributed by atoms with E-state index in [1.165, 1.54) is 12.1 Å². The summed E-state index contributed by atoms with van der Waals surface area (Å²) in [7, 11) is -0.775. The Bertz CT molecular complexity index is 532. The van der Waals surface area contributed by atoms with Crippen molar-refractivity contribution in [3.63, 3.8) is 0 Å². The van der Waals surface area contributed by atoms with Crippen molar-refractivity contribution in [2.45, 2.75) is 38.9 Å². The first-order valence-corrected chi connectivity index (χ1v) is 6.34. The molecule has 1 aliphatic rings. The molecule has 108 valence electrons. The van der Waals surface area contributed by atoms with Crippen LogP contribution in [0.15, 0.2) is 18.2 Å². The van der Waals surface area contributed by atoms with Crippen molar-refractivity contribution in [3.05, 3.63) is 24.0 Å². The van der Waals surface area contributed by atoms with Gasteiger partial charge < -0.3 is 20.4 Å². The van der Waals surface area contributed by atoms with Crippen LogP contribution in [0.5, 0.6) is 0 Å². The number of urea groups is 1. The van der Waals surface area contributed by atoms with Gasteiger partial charge >= 0.3 is 13.1 Å². The van der Waals surface area contributed by atoms with E-state index in [4.69, 9.17) is 15.0 Å². The number of amides is 2. The van der Waals surface area contributed by atoms with Crippen molar-refractivity contribution in [1.82, 2.24) is 0 Å². The molecule has 1 fully saturated rings. The minimum Gasteiger partial charge on any atom is -0.399 e. The van der Waals surface area contributed by atoms with E-state index in [1.54, 1.807) is 6.07 Å². The Labute approximate surface area is 117 Å². The van der Waals surface area contributed by atoms with Crippen LogP contribution in [-0.4, -0.2) is 24.4 Å². The van der Waals surface area contributed by atoms with Crippen LogP contribution < -0.4 is 16.5 Å². The van der Waals surface area contributed by atoms with Gasteiger partial charge in [-0.05, 0) is 39.8 Å². The number of nitrogens with two attached hydrogens (primary N) is 1. The molecule has 1 aromatic rings. The molecule has 2 amide bonds. The Morgan fingerprint density at radius 1 is 1.25 bits per heavy atom. The number of benzene rings is 1. The molecule has 0 atom stereocenters. The first-order chi connectivity index (χ1) is 9.12. The Balaban J connectivity index is 2.25. The zero-order chi connectivity index (χ0) is 15.1. The maximum absolute atomic E-state index is 14.1. The molecule has 0 spiro atoms. The van der Waals surface area contributed by atoms with Gasteiger partial charge in [-0.2, -0.15) is 0 Å². The zero-order valence-corrected chi connectivity index (χ0v) is 12.0. The van der Waals surface area contributed by atoms with Crippen molar-refractivity contribution in [2.24, 2.45) is 5.73 Å². The number of anilines is 1. The molecule has 1 aliphatic heterocycles. The molecule has 1 aromatic carbocycles. The van der Waals surface area contributed by atoms with Gasteiger partial charge in [0.25, 0.3) is 0 Å². The largest absolute Gasteiger partial charge is 0.497 e. The Hall–Kier alpha value is -1.60. The Morgan fingerprint density at radius 3 is 2.25 bits per heavy atom. The van der Waals surface area contributed by atoms with Crippen LogP contribution in [0.2, 0.25) is 0 Å². The number of rotatable bonds is 2. The smallest absolute Gasteiger partial charge is 0.399 e. The SMILES string of the molecule is CC1(C)OB(c2ccc(NC(N)=O)cc2F)OC1(C)C. The molecule has 0 unspecified atom stereocenters. The highest BCUT2D eigenvalue weighted by molar-refractivity contribution is 6.62. The van der Waals surface area contributed by atoms with Crippen molar-refractivity contribution >= 4 is 24.3 Å². The van der Waals surface area contributed by atoms with E-state index < -0.39 is 30.2 Å². The van der Waals surface area contributed by atoms with E-state index in [2.05, 4.69) is 5.32 Å². The highest BCUT2D eigenvalue weighted by Crippen LogP contribution is 2.36. The third kappa shape index (κ3) is 2.64. The van der Waals surface area contributed by atoms with Gasteiger partial charge in [0, 0.05) is 11.2 Å². The number of carbonyl (C=O) groups is 1. The molecule has 1 heterocycles. The number of primary amides is 1. The molecule has 3 N–H and O–H groups in total. The van der Waals surface area contributed by atoms with E-state index in [9.17, 15) is 9.18 Å². The fraction of sp³-hybridized carbons (Fsp3) is 0.462. The second-order valence-electron chi connectivity index (χ2n) is 5.81. The number of nitrogens with one attached hydrogen (secondary N) is 1. The molecule has 1 saturated heterocycles. The van der Waals surface area contributed by atoms with Crippen molar-refractivity contribution in [2.75, 3.05) is 5.32 Å². The van der Waals surface area contributed by atoms with Gasteiger partial charge in [0.05, 0.1) is 11.2 Å². The molecule has 0 aliphatic carbocycles. The summed E-state index contributed by atoms with van der Waals surface area (Å²) in [6, 6.07) is 3.51. The minimum atomic E-state index is -0.775. The molecular weight excluding hydrogens is 262 g/mol. The van der Waals surface area contributed by atoms with Crippen molar-refractivity contribution in [1.29, 1.82) is 0 Å². The van der Waals surface area contributed by atoms with Crippen molar-refractivity contribution in [3.8, 4) is 0 Å². The number of carbonyl (C=O) groups excluding carboxylic acids is 1. The van der Waals surface area contributed by atoms with Crippen LogP contribution in [0.3, 0.4) is 0 Å². The predicted molar refractivity (Wildman–Crippen MR) is 75.3 cm³/mol. The summed E-state index contributed by atoms with van der Waals surface area (Å²) in [5, 5.41) is 2.31. The first kappa shape index (κ1) is 14.8. The van der Waals surface area contributed by atoms with E-state index in [1.807, 2.05) is 27.7 Å². The van der Waals surface area contributed by atoms with Gasteiger partial charge in [-0.3, -0.25) is 0 Å². The van der Waals surface area contributed by atoms with Crippen LogP contribution in [0, 0.1) is 5.82 Å². The fourth-order valence-electron chi connectivity index (χ4n) is 1.91. The molecule has 7 heteroatoms. The lowest BCUT2D eigenvalue weighted by molar-refractivity contribution is 0.00578. The summed E-state index contributed by atoms with van der Waals surface area (Å²) < 4.78 is 25.7. The van der Waals surface area contributed by atoms with E-state index in [0.29, 0.717) is 5.46 Å². The summed E-state index contributed by atoms with van der Waals surface area (Å²) >= 11 is 0. The van der Waals surface area contributed by atoms with Gasteiger partial charge in [0.1, 0.15) is 5.82 Å². The third-order valence-corrected chi connectivity index (χ3v) is 3.78. The summed E-state index contributed by atoms with van der Waals surface area (Å²) in [5.41, 5.74) is 4.49. The first-order valence-electron chi connectivity index (χ1n) is 6.34. The minimum absolute atomic E-state index is 0.287. The van der Waals surface area contributed by atoms with Crippen molar-refractivity contribution < 1.29 is 18.5 Å². The number of hydrogen-bond acceptors (Lipinski definition) is 3. The summed E-state index contributed by atoms with van der Waals surface area (Å²) in [6.07, 6.45) is 0. The topological polar surface area (TPSA) is 73.6 Å². The van der Waals surface area contributed by atoms with E-state index in [0.717, 1.165) is 0 Å². The standard InChI is InChI=1S/C13H18BFN2O3/c1-12(2)13(3,4)20-14(19-12)9-6-5-8(7-10(9)15)17-11(16)18/h5-7H,1-4H3,(H3,16,17,18). The molecule has 0 bridgehead atoms. The van der Waals surface area contributed by atoms with Gasteiger partial charge in [0.2, 0.25) is 0 Å². The summed E-state index contributed by atoms with van der Waals surface area (Å²) in [5.74, 6) is -0.519. The van der Waals surface area contributed by atoms with Crippen LogP contribution in [0.1, 0.15) is 27.7 Å². The molecule has 5 nitrogen and oxygen atoms in total. The molecule has 2 rings (SSSR count). The average molecular weight is 280 g/mol. The van der Waals surface area contributed by atoms with Gasteiger partial charge in [0.15, 0.2) is 0 Å². The second-order valence-corrected chi connectivity index (χ2v) is 5.81. The third-order valence-electron chi connectivity index (χ3n) is 3.78. The van der Waals surface area contributed by atoms with Crippen LogP contribution in [0.4, 0.5) is 14.9 Å². The lowest BCUT2D eigenvalue weighted by Crippen LogP contribution is -2.41. The maximum atomic E-state index is 14.1. The lowest BCUT2D eigenvalue weighted by atomic mass is 9.78. The van der Waals surface area contributed by atoms with Crippen LogP contribution >= 0.6 is 0 Å². The van der Waals surface area contributed by atoms with Gasteiger partial charge in [-0.15, -0.1) is 0 Å². The lowest BCUT2D eigenvalue weighted by Gasteiger charge is -2.32. The molecule has 0 aromatic heterocycles. The van der Waals surface area contributed by atoms with E-state index in [-0.39, 0.29) is 5.69 Å². The molecule has 20 heavy (non-hydrogen) atoms. The molecular formula is C13H18BFN2O3. The maximum Gasteiger partial charge on any atom is 0.497 e. The second kappa shape index (κ2) is 4.75. The monoisotopic (exact) mass is 280 g/mol. The van der Waals surface area contributed by atoms with Gasteiger partial charge in [-0.25, -0.2) is 9.18 Å². The van der Waals surface area contributed by atoms with Gasteiger partial charge in [-0.1, -0.05) is 6.07 Å². The highest BCUT2D eigenvalue weighted by atomic mass is 19.1. The summed E-state index contributed by atoms with van der Waals surface area (Å²) in [4.78, 5) is 10.7. The quantitative estimate of drug-likeness (QED) is 0.808. The normalized spacial score (nSPS) is 19.9. The van der Waals surface area contributed by atoms with Crippen LogP contribution in [-0.2, 0) is 9.31 Å². The number of halogens is 1. The summed E-state index contributed by atoms with van der Waals surface area (Å²) in [6.45, 7) is 7.59. The molecule has 0 saturated carbocycles. The molecule has 0 radical (unpaired) electrons. The number of hydrogen-bond donors (Lipinski definition) is 2. The predicted octanol–water partition coefficient (Wildman–Crippen LogP) is 1.62.